The molecule has 0 saturated carbocycles. The fourth-order valence-corrected chi connectivity index (χ4v) is 4.55. The molecule has 1 amide bonds. The van der Waals surface area contributed by atoms with E-state index in [1.807, 2.05) is 74.5 Å². The van der Waals surface area contributed by atoms with Crippen molar-refractivity contribution < 1.29 is 4.79 Å². The number of benzene rings is 3. The summed E-state index contributed by atoms with van der Waals surface area (Å²) in [5, 5.41) is 5.19. The van der Waals surface area contributed by atoms with Crippen molar-refractivity contribution in [1.29, 1.82) is 0 Å². The Morgan fingerprint density at radius 2 is 1.82 bits per heavy atom. The van der Waals surface area contributed by atoms with E-state index in [2.05, 4.69) is 5.10 Å². The summed E-state index contributed by atoms with van der Waals surface area (Å²) in [6.07, 6.45) is 0.474. The summed E-state index contributed by atoms with van der Waals surface area (Å²) in [5.41, 5.74) is 5.58. The number of carbonyl (C=O) groups excluding carboxylic acids is 1. The highest BCUT2D eigenvalue weighted by Crippen LogP contribution is 2.37. The summed E-state index contributed by atoms with van der Waals surface area (Å²) in [6, 6.07) is 22.5. The van der Waals surface area contributed by atoms with Crippen LogP contribution in [0.4, 0.5) is 5.69 Å². The maximum absolute atomic E-state index is 13.9. The molecule has 1 heterocycles. The van der Waals surface area contributed by atoms with E-state index in [0.29, 0.717) is 40.5 Å². The lowest BCUT2D eigenvalue weighted by Crippen LogP contribution is -2.35. The van der Waals surface area contributed by atoms with Gasteiger partial charge in [0.15, 0.2) is 5.69 Å². The number of hydrogen-bond acceptors (Lipinski definition) is 3. The maximum atomic E-state index is 13.9. The molecule has 0 bridgehead atoms. The average molecular weight is 456 g/mol. The van der Waals surface area contributed by atoms with E-state index < -0.39 is 0 Å². The van der Waals surface area contributed by atoms with Gasteiger partial charge in [0.2, 0.25) is 0 Å². The van der Waals surface area contributed by atoms with Gasteiger partial charge in [-0.3, -0.25) is 9.59 Å². The Morgan fingerprint density at radius 1 is 1.06 bits per heavy atom. The van der Waals surface area contributed by atoms with E-state index >= 15 is 0 Å². The lowest BCUT2D eigenvalue weighted by molar-refractivity contribution is 0.0982. The Balaban J connectivity index is 1.74. The van der Waals surface area contributed by atoms with E-state index in [1.165, 1.54) is 4.68 Å². The molecule has 1 aliphatic rings. The van der Waals surface area contributed by atoms with E-state index in [9.17, 15) is 9.59 Å². The molecule has 0 radical (unpaired) electrons. The number of hydrogen-bond donors (Lipinski definition) is 0. The van der Waals surface area contributed by atoms with E-state index in [1.54, 1.807) is 17.0 Å². The molecule has 5 nitrogen and oxygen atoms in total. The summed E-state index contributed by atoms with van der Waals surface area (Å²) in [7, 11) is 0. The van der Waals surface area contributed by atoms with Crippen molar-refractivity contribution >= 4 is 23.2 Å². The minimum Gasteiger partial charge on any atom is -0.307 e. The summed E-state index contributed by atoms with van der Waals surface area (Å²) in [4.78, 5) is 29.1. The van der Waals surface area contributed by atoms with Crippen LogP contribution in [-0.4, -0.2) is 22.2 Å². The monoisotopic (exact) mass is 455 g/mol. The molecule has 5 rings (SSSR count). The van der Waals surface area contributed by atoms with Crippen molar-refractivity contribution in [3.8, 4) is 16.8 Å². The number of amides is 1. The number of nitrogens with zero attached hydrogens (tertiary/aromatic N) is 3. The summed E-state index contributed by atoms with van der Waals surface area (Å²) < 4.78 is 1.35. The van der Waals surface area contributed by atoms with E-state index in [0.717, 1.165) is 16.7 Å². The first-order valence-corrected chi connectivity index (χ1v) is 11.2. The van der Waals surface area contributed by atoms with E-state index in [-0.39, 0.29) is 17.2 Å². The lowest BCUT2D eigenvalue weighted by atomic mass is 10.0. The highest BCUT2D eigenvalue weighted by molar-refractivity contribution is 6.31. The topological polar surface area (TPSA) is 55.2 Å². The van der Waals surface area contributed by atoms with Crippen molar-refractivity contribution in [3.63, 3.8) is 0 Å². The van der Waals surface area contributed by atoms with Gasteiger partial charge in [0.1, 0.15) is 0 Å². The third kappa shape index (κ3) is 3.64. The van der Waals surface area contributed by atoms with Crippen LogP contribution in [0.15, 0.2) is 77.6 Å². The Labute approximate surface area is 196 Å². The first kappa shape index (κ1) is 21.2. The molecular formula is C27H22ClN3O2. The number of fused-ring (bicyclic) bond motifs is 3. The van der Waals surface area contributed by atoms with Gasteiger partial charge in [0, 0.05) is 34.8 Å². The maximum Gasteiger partial charge on any atom is 0.279 e. The normalized spacial score (nSPS) is 11.7. The molecule has 0 atom stereocenters. The predicted molar refractivity (Wildman–Crippen MR) is 132 cm³/mol. The first-order chi connectivity index (χ1) is 16.0. The van der Waals surface area contributed by atoms with Crippen LogP contribution in [0.1, 0.15) is 34.1 Å². The molecule has 1 aromatic heterocycles. The summed E-state index contributed by atoms with van der Waals surface area (Å²) in [6.45, 7) is 4.32. The molecule has 0 unspecified atom stereocenters. The second kappa shape index (κ2) is 8.34. The van der Waals surface area contributed by atoms with Gasteiger partial charge in [-0.15, -0.1) is 0 Å². The Morgan fingerprint density at radius 3 is 2.55 bits per heavy atom. The Hall–Kier alpha value is -3.70. The SMILES string of the molecule is CCN(C(=O)c1nn(-c2ccc(C)cc2)c(=O)c2c1-c1ccccc1C2)c1cccc(Cl)c1. The number of aromatic nitrogens is 2. The first-order valence-electron chi connectivity index (χ1n) is 10.9. The third-order valence-corrected chi connectivity index (χ3v) is 6.24. The quantitative estimate of drug-likeness (QED) is 0.363. The predicted octanol–water partition coefficient (Wildman–Crippen LogP) is 5.43. The van der Waals surface area contributed by atoms with Gasteiger partial charge in [0.25, 0.3) is 11.5 Å². The minimum absolute atomic E-state index is 0.201. The average Bonchev–Trinajstić information content (AvgIpc) is 3.21. The van der Waals surface area contributed by atoms with Gasteiger partial charge in [-0.2, -0.15) is 9.78 Å². The van der Waals surface area contributed by atoms with Crippen molar-refractivity contribution in [2.45, 2.75) is 20.3 Å². The van der Waals surface area contributed by atoms with Crippen LogP contribution in [0.3, 0.4) is 0 Å². The molecule has 3 aromatic carbocycles. The van der Waals surface area contributed by atoms with Gasteiger partial charge in [-0.05, 0) is 55.3 Å². The van der Waals surface area contributed by atoms with Gasteiger partial charge in [-0.1, -0.05) is 59.6 Å². The van der Waals surface area contributed by atoms with Gasteiger partial charge >= 0.3 is 0 Å². The zero-order valence-electron chi connectivity index (χ0n) is 18.4. The van der Waals surface area contributed by atoms with Gasteiger partial charge in [-0.25, -0.2) is 0 Å². The fraction of sp³-hybridized carbons (Fsp3) is 0.148. The molecule has 0 fully saturated rings. The van der Waals surface area contributed by atoms with Crippen molar-refractivity contribution in [2.24, 2.45) is 0 Å². The third-order valence-electron chi connectivity index (χ3n) is 6.01. The Kier molecular flexibility index (Phi) is 5.35. The largest absolute Gasteiger partial charge is 0.307 e. The van der Waals surface area contributed by atoms with Crippen LogP contribution in [0.5, 0.6) is 0 Å². The summed E-state index contributed by atoms with van der Waals surface area (Å²) >= 11 is 6.20. The zero-order chi connectivity index (χ0) is 23.1. The van der Waals surface area contributed by atoms with Crippen LogP contribution >= 0.6 is 11.6 Å². The lowest BCUT2D eigenvalue weighted by Gasteiger charge is -2.22. The number of halogens is 1. The van der Waals surface area contributed by atoms with Crippen LogP contribution in [0.2, 0.25) is 5.02 Å². The summed E-state index contributed by atoms with van der Waals surface area (Å²) in [5.74, 6) is -0.270. The highest BCUT2D eigenvalue weighted by Gasteiger charge is 2.32. The van der Waals surface area contributed by atoms with E-state index in [4.69, 9.17) is 11.6 Å². The molecule has 164 valence electrons. The minimum atomic E-state index is -0.270. The molecular weight excluding hydrogens is 434 g/mol. The Bertz CT molecular complexity index is 1440. The van der Waals surface area contributed by atoms with Crippen molar-refractivity contribution in [1.82, 2.24) is 9.78 Å². The molecule has 0 N–H and O–H groups in total. The van der Waals surface area contributed by atoms with Gasteiger partial charge in [0.05, 0.1) is 5.69 Å². The smallest absolute Gasteiger partial charge is 0.279 e. The number of anilines is 1. The van der Waals surface area contributed by atoms with Crippen LogP contribution in [0.25, 0.3) is 16.8 Å². The molecule has 33 heavy (non-hydrogen) atoms. The molecule has 0 aliphatic heterocycles. The van der Waals surface area contributed by atoms with Crippen molar-refractivity contribution in [2.75, 3.05) is 11.4 Å². The number of rotatable bonds is 4. The van der Waals surface area contributed by atoms with Crippen molar-refractivity contribution in [3.05, 3.63) is 111 Å². The number of aryl methyl sites for hydroxylation is 1. The molecule has 0 saturated heterocycles. The van der Waals surface area contributed by atoms with Crippen LogP contribution in [0, 0.1) is 6.92 Å². The molecule has 1 aliphatic carbocycles. The second-order valence-electron chi connectivity index (χ2n) is 8.12. The molecule has 6 heteroatoms. The molecule has 4 aromatic rings. The standard InChI is InChI=1S/C27H22ClN3O2/c1-3-30(21-9-6-8-19(28)16-21)27(33)25-24-22-10-5-4-7-18(22)15-23(24)26(32)31(29-25)20-13-11-17(2)12-14-20/h4-14,16H,3,15H2,1-2H3. The number of carbonyl (C=O) groups is 1. The zero-order valence-corrected chi connectivity index (χ0v) is 19.1. The van der Waals surface area contributed by atoms with Crippen LogP contribution < -0.4 is 10.5 Å². The van der Waals surface area contributed by atoms with Crippen LogP contribution in [-0.2, 0) is 6.42 Å². The highest BCUT2D eigenvalue weighted by atomic mass is 35.5. The fourth-order valence-electron chi connectivity index (χ4n) is 4.36. The van der Waals surface area contributed by atoms with Gasteiger partial charge < -0.3 is 4.90 Å². The second-order valence-corrected chi connectivity index (χ2v) is 8.55. The molecule has 0 spiro atoms.